The molecule has 78 valence electrons. The van der Waals surface area contributed by atoms with E-state index < -0.39 is 24.0 Å². The molecule has 0 heterocycles. The maximum Gasteiger partial charge on any atom is 0.303 e. The van der Waals surface area contributed by atoms with Crippen LogP contribution < -0.4 is 11.1 Å². The Balaban J connectivity index is 3.89. The van der Waals surface area contributed by atoms with Gasteiger partial charge in [-0.2, -0.15) is 0 Å². The van der Waals surface area contributed by atoms with Crippen LogP contribution in [0.5, 0.6) is 0 Å². The molecule has 0 saturated carbocycles. The first kappa shape index (κ1) is 12.5. The summed E-state index contributed by atoms with van der Waals surface area (Å²) < 4.78 is 0. The number of terminal acetylenes is 1. The molecule has 0 aliphatic carbocycles. The Morgan fingerprint density at radius 1 is 1.64 bits per heavy atom. The number of carboxylic acids is 1. The second-order valence-electron chi connectivity index (χ2n) is 2.94. The summed E-state index contributed by atoms with van der Waals surface area (Å²) in [5.41, 5.74) is 5.42. The number of nitrogens with one attached hydrogen (secondary N) is 1. The van der Waals surface area contributed by atoms with Crippen molar-refractivity contribution in [1.29, 1.82) is 0 Å². The predicted molar refractivity (Wildman–Crippen MR) is 51.3 cm³/mol. The minimum absolute atomic E-state index is 0.110. The fraction of sp³-hybridized carbons (Fsp3) is 0.556. The van der Waals surface area contributed by atoms with Gasteiger partial charge in [-0.3, -0.25) is 9.59 Å². The maximum absolute atomic E-state index is 11.2. The van der Waals surface area contributed by atoms with E-state index in [0.717, 1.165) is 0 Å². The highest BCUT2D eigenvalue weighted by Gasteiger charge is 2.15. The molecule has 0 aliphatic heterocycles. The average Bonchev–Trinajstić information content (AvgIpc) is 2.13. The quantitative estimate of drug-likeness (QED) is 0.510. The molecule has 14 heavy (non-hydrogen) atoms. The molecule has 0 aromatic heterocycles. The highest BCUT2D eigenvalue weighted by atomic mass is 16.4. The summed E-state index contributed by atoms with van der Waals surface area (Å²) >= 11 is 0. The molecule has 5 heteroatoms. The Morgan fingerprint density at radius 3 is 2.64 bits per heavy atom. The Hall–Kier alpha value is -1.54. The van der Waals surface area contributed by atoms with Crippen molar-refractivity contribution in [2.24, 2.45) is 5.73 Å². The largest absolute Gasteiger partial charge is 0.481 e. The molecule has 1 amide bonds. The lowest BCUT2D eigenvalue weighted by Gasteiger charge is -2.12. The van der Waals surface area contributed by atoms with Gasteiger partial charge in [0.2, 0.25) is 5.91 Å². The lowest BCUT2D eigenvalue weighted by Crippen LogP contribution is -2.44. The normalized spacial score (nSPS) is 13.8. The van der Waals surface area contributed by atoms with E-state index in [4.69, 9.17) is 17.3 Å². The van der Waals surface area contributed by atoms with Crippen LogP contribution in [0.3, 0.4) is 0 Å². The zero-order valence-corrected chi connectivity index (χ0v) is 7.99. The van der Waals surface area contributed by atoms with Gasteiger partial charge in [-0.1, -0.05) is 5.92 Å². The zero-order valence-electron chi connectivity index (χ0n) is 7.99. The summed E-state index contributed by atoms with van der Waals surface area (Å²) in [6.07, 6.45) is 5.03. The molecule has 2 unspecified atom stereocenters. The second kappa shape index (κ2) is 6.00. The van der Waals surface area contributed by atoms with Crippen LogP contribution in [0, 0.1) is 12.3 Å². The Bertz CT molecular complexity index is 257. The summed E-state index contributed by atoms with van der Waals surface area (Å²) in [5.74, 6) is 0.918. The van der Waals surface area contributed by atoms with Crippen molar-refractivity contribution < 1.29 is 14.7 Å². The standard InChI is InChI=1S/C9H14N2O3/c1-3-6(2)11-9(14)7(10)4-5-8(12)13/h1,6-7H,4-5,10H2,2H3,(H,11,14)(H,12,13). The van der Waals surface area contributed by atoms with Crippen LogP contribution in [0.25, 0.3) is 0 Å². The van der Waals surface area contributed by atoms with Crippen LogP contribution in [-0.4, -0.2) is 29.1 Å². The number of hydrogen-bond donors (Lipinski definition) is 3. The molecule has 2 atom stereocenters. The van der Waals surface area contributed by atoms with Gasteiger partial charge in [0.25, 0.3) is 0 Å². The Labute approximate surface area is 82.7 Å². The van der Waals surface area contributed by atoms with E-state index in [1.807, 2.05) is 0 Å². The van der Waals surface area contributed by atoms with E-state index in [1.54, 1.807) is 6.92 Å². The molecule has 0 rings (SSSR count). The highest BCUT2D eigenvalue weighted by molar-refractivity contribution is 5.82. The number of carboxylic acid groups (broad SMARTS) is 1. The van der Waals surface area contributed by atoms with Gasteiger partial charge in [0, 0.05) is 6.42 Å². The minimum Gasteiger partial charge on any atom is -0.481 e. The van der Waals surface area contributed by atoms with Crippen molar-refractivity contribution in [3.05, 3.63) is 0 Å². The predicted octanol–water partition coefficient (Wildman–Crippen LogP) is -0.684. The maximum atomic E-state index is 11.2. The van der Waals surface area contributed by atoms with E-state index >= 15 is 0 Å². The smallest absolute Gasteiger partial charge is 0.303 e. The van der Waals surface area contributed by atoms with Gasteiger partial charge in [-0.05, 0) is 13.3 Å². The number of carbonyl (C=O) groups excluding carboxylic acids is 1. The molecule has 0 fully saturated rings. The third-order valence-electron chi connectivity index (χ3n) is 1.61. The fourth-order valence-electron chi connectivity index (χ4n) is 0.772. The third-order valence-corrected chi connectivity index (χ3v) is 1.61. The third kappa shape index (κ3) is 5.17. The molecule has 4 N–H and O–H groups in total. The van der Waals surface area contributed by atoms with Gasteiger partial charge < -0.3 is 16.2 Å². The zero-order chi connectivity index (χ0) is 11.1. The molecule has 0 radical (unpaired) electrons. The molecule has 0 aromatic rings. The van der Waals surface area contributed by atoms with Gasteiger partial charge in [0.1, 0.15) is 0 Å². The van der Waals surface area contributed by atoms with Gasteiger partial charge in [0.05, 0.1) is 12.1 Å². The number of nitrogens with two attached hydrogens (primary N) is 1. The van der Waals surface area contributed by atoms with E-state index in [-0.39, 0.29) is 12.8 Å². The number of rotatable bonds is 5. The first-order valence-corrected chi connectivity index (χ1v) is 4.21. The van der Waals surface area contributed by atoms with Crippen molar-refractivity contribution in [2.45, 2.75) is 31.8 Å². The molecule has 5 nitrogen and oxygen atoms in total. The summed E-state index contributed by atoms with van der Waals surface area (Å²) in [6.45, 7) is 1.64. The molecule has 0 spiro atoms. The van der Waals surface area contributed by atoms with Crippen molar-refractivity contribution in [3.63, 3.8) is 0 Å². The molecular formula is C9H14N2O3. The Kier molecular flexibility index (Phi) is 5.34. The first-order chi connectivity index (χ1) is 6.47. The highest BCUT2D eigenvalue weighted by Crippen LogP contribution is 1.95. The number of carbonyl (C=O) groups is 2. The molecular weight excluding hydrogens is 184 g/mol. The summed E-state index contributed by atoms with van der Waals surface area (Å²) in [5, 5.41) is 10.8. The fourth-order valence-corrected chi connectivity index (χ4v) is 0.772. The van der Waals surface area contributed by atoms with Gasteiger partial charge in [-0.15, -0.1) is 6.42 Å². The number of amides is 1. The van der Waals surface area contributed by atoms with Crippen molar-refractivity contribution in [3.8, 4) is 12.3 Å². The van der Waals surface area contributed by atoms with Gasteiger partial charge in [-0.25, -0.2) is 0 Å². The van der Waals surface area contributed by atoms with E-state index in [1.165, 1.54) is 0 Å². The molecule has 0 bridgehead atoms. The van der Waals surface area contributed by atoms with Crippen molar-refractivity contribution >= 4 is 11.9 Å². The van der Waals surface area contributed by atoms with Crippen LogP contribution in [0.4, 0.5) is 0 Å². The van der Waals surface area contributed by atoms with Crippen LogP contribution in [-0.2, 0) is 9.59 Å². The van der Waals surface area contributed by atoms with Crippen LogP contribution in [0.15, 0.2) is 0 Å². The first-order valence-electron chi connectivity index (χ1n) is 4.21. The average molecular weight is 198 g/mol. The number of hydrogen-bond acceptors (Lipinski definition) is 3. The van der Waals surface area contributed by atoms with Crippen LogP contribution in [0.1, 0.15) is 19.8 Å². The number of aliphatic carboxylic acids is 1. The van der Waals surface area contributed by atoms with Crippen molar-refractivity contribution in [2.75, 3.05) is 0 Å². The minimum atomic E-state index is -0.974. The summed E-state index contributed by atoms with van der Waals surface area (Å²) in [6, 6.07) is -1.21. The van der Waals surface area contributed by atoms with E-state index in [2.05, 4.69) is 11.2 Å². The van der Waals surface area contributed by atoms with E-state index in [0.29, 0.717) is 0 Å². The van der Waals surface area contributed by atoms with Crippen LogP contribution in [0.2, 0.25) is 0 Å². The summed E-state index contributed by atoms with van der Waals surface area (Å²) in [4.78, 5) is 21.4. The lowest BCUT2D eigenvalue weighted by atomic mass is 10.1. The van der Waals surface area contributed by atoms with Crippen LogP contribution >= 0.6 is 0 Å². The Morgan fingerprint density at radius 2 is 2.21 bits per heavy atom. The second-order valence-corrected chi connectivity index (χ2v) is 2.94. The van der Waals surface area contributed by atoms with E-state index in [9.17, 15) is 9.59 Å². The molecule has 0 aliphatic rings. The molecule has 0 saturated heterocycles. The van der Waals surface area contributed by atoms with Gasteiger partial charge in [0.15, 0.2) is 0 Å². The molecule has 0 aromatic carbocycles. The monoisotopic (exact) mass is 198 g/mol. The SMILES string of the molecule is C#CC(C)NC(=O)C(N)CCC(=O)O. The topological polar surface area (TPSA) is 92.4 Å². The van der Waals surface area contributed by atoms with Crippen molar-refractivity contribution in [1.82, 2.24) is 5.32 Å². The lowest BCUT2D eigenvalue weighted by molar-refractivity contribution is -0.137. The van der Waals surface area contributed by atoms with Gasteiger partial charge >= 0.3 is 5.97 Å². The summed E-state index contributed by atoms with van der Waals surface area (Å²) in [7, 11) is 0.